The monoisotopic (exact) mass is 353 g/mol. The molecule has 0 radical (unpaired) electrons. The summed E-state index contributed by atoms with van der Waals surface area (Å²) in [4.78, 5) is 36.8. The second kappa shape index (κ2) is 9.12. The van der Waals surface area contributed by atoms with E-state index in [9.17, 15) is 14.4 Å². The molecule has 0 unspecified atom stereocenters. The predicted octanol–water partition coefficient (Wildman–Crippen LogP) is 1.27. The number of nitrogens with one attached hydrogen (secondary N) is 2. The average molecular weight is 354 g/mol. The molecule has 0 saturated carbocycles. The van der Waals surface area contributed by atoms with Gasteiger partial charge in [-0.1, -0.05) is 30.2 Å². The van der Waals surface area contributed by atoms with Gasteiger partial charge in [0.15, 0.2) is 6.61 Å². The van der Waals surface area contributed by atoms with E-state index in [1.807, 2.05) is 0 Å². The second-order valence-corrected chi connectivity index (χ2v) is 5.85. The van der Waals surface area contributed by atoms with Gasteiger partial charge in [-0.05, 0) is 25.0 Å². The number of hydrogen-bond donors (Lipinski definition) is 2. The smallest absolute Gasteiger partial charge is 0.276 e. The van der Waals surface area contributed by atoms with Crippen LogP contribution in [0.2, 0.25) is 5.02 Å². The zero-order valence-electron chi connectivity index (χ0n) is 13.2. The van der Waals surface area contributed by atoms with Crippen LogP contribution in [0.25, 0.3) is 0 Å². The Labute approximate surface area is 145 Å². The van der Waals surface area contributed by atoms with Crippen molar-refractivity contribution in [1.82, 2.24) is 15.8 Å². The highest BCUT2D eigenvalue weighted by Gasteiger charge is 2.19. The third-order valence-corrected chi connectivity index (χ3v) is 3.85. The fourth-order valence-electron chi connectivity index (χ4n) is 2.30. The van der Waals surface area contributed by atoms with Gasteiger partial charge in [0.1, 0.15) is 12.3 Å². The van der Waals surface area contributed by atoms with Crippen molar-refractivity contribution >= 4 is 29.3 Å². The van der Waals surface area contributed by atoms with Crippen molar-refractivity contribution in [3.8, 4) is 5.75 Å². The van der Waals surface area contributed by atoms with Crippen LogP contribution in [0.3, 0.4) is 0 Å². The van der Waals surface area contributed by atoms with Gasteiger partial charge in [0, 0.05) is 13.0 Å². The number of ether oxygens (including phenoxy) is 1. The minimum Gasteiger partial charge on any atom is -0.482 e. The summed E-state index contributed by atoms with van der Waals surface area (Å²) < 4.78 is 5.25. The number of amides is 3. The lowest BCUT2D eigenvalue weighted by Gasteiger charge is -2.19. The molecule has 24 heavy (non-hydrogen) atoms. The maximum atomic E-state index is 11.8. The summed E-state index contributed by atoms with van der Waals surface area (Å²) in [6.07, 6.45) is 3.19. The Balaban J connectivity index is 1.70. The standard InChI is InChI=1S/C16H20ClN3O4/c17-12-6-3-4-7-13(12)24-11-15(22)19-18-14(21)10-20-9-5-1-2-8-16(20)23/h3-4,6-7H,1-2,5,8-11H2,(H,18,21)(H,19,22). The summed E-state index contributed by atoms with van der Waals surface area (Å²) >= 11 is 5.91. The first-order chi connectivity index (χ1) is 11.6. The Bertz CT molecular complexity index is 609. The van der Waals surface area contributed by atoms with Crippen LogP contribution in [-0.2, 0) is 14.4 Å². The van der Waals surface area contributed by atoms with Crippen molar-refractivity contribution in [3.05, 3.63) is 29.3 Å². The van der Waals surface area contributed by atoms with E-state index in [1.165, 1.54) is 4.90 Å². The largest absolute Gasteiger partial charge is 0.482 e. The van der Waals surface area contributed by atoms with Gasteiger partial charge in [-0.15, -0.1) is 0 Å². The van der Waals surface area contributed by atoms with Crippen LogP contribution in [0.4, 0.5) is 0 Å². The minimum absolute atomic E-state index is 0.0315. The SMILES string of the molecule is O=C(COc1ccccc1Cl)NNC(=O)CN1CCCCCC1=O. The minimum atomic E-state index is -0.523. The Hall–Kier alpha value is -2.28. The molecule has 1 saturated heterocycles. The second-order valence-electron chi connectivity index (χ2n) is 5.44. The van der Waals surface area contributed by atoms with Gasteiger partial charge < -0.3 is 9.64 Å². The van der Waals surface area contributed by atoms with E-state index in [1.54, 1.807) is 24.3 Å². The number of hydrogen-bond acceptors (Lipinski definition) is 4. The highest BCUT2D eigenvalue weighted by Crippen LogP contribution is 2.22. The first-order valence-electron chi connectivity index (χ1n) is 7.79. The van der Waals surface area contributed by atoms with Gasteiger partial charge >= 0.3 is 0 Å². The lowest BCUT2D eigenvalue weighted by Crippen LogP contribution is -2.48. The number of benzene rings is 1. The van der Waals surface area contributed by atoms with E-state index in [4.69, 9.17) is 16.3 Å². The van der Waals surface area contributed by atoms with E-state index in [0.29, 0.717) is 23.7 Å². The number of rotatable bonds is 5. The number of para-hydroxylation sites is 1. The van der Waals surface area contributed by atoms with E-state index in [0.717, 1.165) is 19.3 Å². The molecule has 130 valence electrons. The predicted molar refractivity (Wildman–Crippen MR) is 88.3 cm³/mol. The van der Waals surface area contributed by atoms with E-state index < -0.39 is 11.8 Å². The number of likely N-dealkylation sites (tertiary alicyclic amines) is 1. The Morgan fingerprint density at radius 3 is 2.67 bits per heavy atom. The van der Waals surface area contributed by atoms with Gasteiger partial charge in [0.05, 0.1) is 5.02 Å². The van der Waals surface area contributed by atoms with Crippen molar-refractivity contribution < 1.29 is 19.1 Å². The number of carbonyl (C=O) groups is 3. The van der Waals surface area contributed by atoms with Gasteiger partial charge in [-0.3, -0.25) is 25.2 Å². The number of halogens is 1. The molecule has 1 aromatic carbocycles. The normalized spacial score (nSPS) is 14.7. The zero-order chi connectivity index (χ0) is 17.4. The van der Waals surface area contributed by atoms with Gasteiger partial charge in [-0.2, -0.15) is 0 Å². The lowest BCUT2D eigenvalue weighted by atomic mass is 10.2. The number of carbonyl (C=O) groups excluding carboxylic acids is 3. The molecule has 1 aromatic rings. The zero-order valence-corrected chi connectivity index (χ0v) is 14.0. The summed E-state index contributed by atoms with van der Waals surface area (Å²) in [6.45, 7) is 0.215. The van der Waals surface area contributed by atoms with Crippen molar-refractivity contribution in [3.63, 3.8) is 0 Å². The van der Waals surface area contributed by atoms with Crippen LogP contribution in [0.5, 0.6) is 5.75 Å². The first kappa shape index (κ1) is 18.1. The molecule has 7 nitrogen and oxygen atoms in total. The maximum absolute atomic E-state index is 11.8. The molecule has 1 aliphatic rings. The summed E-state index contributed by atoms with van der Waals surface area (Å²) in [7, 11) is 0. The van der Waals surface area contributed by atoms with Crippen LogP contribution in [-0.4, -0.2) is 42.3 Å². The van der Waals surface area contributed by atoms with Crippen molar-refractivity contribution in [2.24, 2.45) is 0 Å². The van der Waals surface area contributed by atoms with Crippen LogP contribution in [0.15, 0.2) is 24.3 Å². The van der Waals surface area contributed by atoms with Gasteiger partial charge in [0.2, 0.25) is 5.91 Å². The number of hydrazine groups is 1. The topological polar surface area (TPSA) is 87.7 Å². The lowest BCUT2D eigenvalue weighted by molar-refractivity contribution is -0.136. The molecule has 0 aromatic heterocycles. The van der Waals surface area contributed by atoms with E-state index >= 15 is 0 Å². The van der Waals surface area contributed by atoms with Crippen LogP contribution < -0.4 is 15.6 Å². The molecule has 1 heterocycles. The molecule has 1 aliphatic heterocycles. The Morgan fingerprint density at radius 1 is 1.12 bits per heavy atom. The molecule has 2 N–H and O–H groups in total. The summed E-state index contributed by atoms with van der Waals surface area (Å²) in [5.74, 6) is -0.617. The van der Waals surface area contributed by atoms with Crippen molar-refractivity contribution in [2.45, 2.75) is 25.7 Å². The maximum Gasteiger partial charge on any atom is 0.276 e. The van der Waals surface area contributed by atoms with Crippen LogP contribution in [0, 0.1) is 0 Å². The highest BCUT2D eigenvalue weighted by molar-refractivity contribution is 6.32. The molecule has 0 aliphatic carbocycles. The highest BCUT2D eigenvalue weighted by atomic mass is 35.5. The molecule has 2 rings (SSSR count). The fraction of sp³-hybridized carbons (Fsp3) is 0.438. The Morgan fingerprint density at radius 2 is 1.88 bits per heavy atom. The van der Waals surface area contributed by atoms with Crippen LogP contribution >= 0.6 is 11.6 Å². The van der Waals surface area contributed by atoms with Crippen molar-refractivity contribution in [1.29, 1.82) is 0 Å². The third kappa shape index (κ3) is 5.73. The Kier molecular flexibility index (Phi) is 6.87. The molecule has 1 fully saturated rings. The van der Waals surface area contributed by atoms with E-state index in [-0.39, 0.29) is 19.1 Å². The van der Waals surface area contributed by atoms with Crippen LogP contribution in [0.1, 0.15) is 25.7 Å². The third-order valence-electron chi connectivity index (χ3n) is 3.54. The summed E-state index contributed by atoms with van der Waals surface area (Å²) in [5.41, 5.74) is 4.52. The first-order valence-corrected chi connectivity index (χ1v) is 8.17. The van der Waals surface area contributed by atoms with Gasteiger partial charge in [0.25, 0.3) is 11.8 Å². The molecule has 0 atom stereocenters. The molecule has 8 heteroatoms. The summed E-state index contributed by atoms with van der Waals surface area (Å²) in [6, 6.07) is 6.77. The average Bonchev–Trinajstić information content (AvgIpc) is 2.77. The molecule has 0 spiro atoms. The quantitative estimate of drug-likeness (QED) is 0.780. The fourth-order valence-corrected chi connectivity index (χ4v) is 2.49. The molecular formula is C16H20ClN3O4. The molecular weight excluding hydrogens is 334 g/mol. The number of nitrogens with zero attached hydrogens (tertiary/aromatic N) is 1. The molecule has 0 bridgehead atoms. The van der Waals surface area contributed by atoms with Gasteiger partial charge in [-0.25, -0.2) is 0 Å². The summed E-state index contributed by atoms with van der Waals surface area (Å²) in [5, 5.41) is 0.397. The van der Waals surface area contributed by atoms with E-state index in [2.05, 4.69) is 10.9 Å². The molecule has 3 amide bonds. The van der Waals surface area contributed by atoms with Crippen molar-refractivity contribution in [2.75, 3.05) is 19.7 Å².